The smallest absolute Gasteiger partial charge is 0.257 e. The number of amides is 1. The van der Waals surface area contributed by atoms with Gasteiger partial charge in [0.25, 0.3) is 5.91 Å². The van der Waals surface area contributed by atoms with Crippen LogP contribution in [0.5, 0.6) is 5.75 Å². The normalized spacial score (nSPS) is 10.5. The summed E-state index contributed by atoms with van der Waals surface area (Å²) in [6, 6.07) is 12.8. The molecule has 128 valence electrons. The third-order valence-corrected chi connectivity index (χ3v) is 3.95. The Morgan fingerprint density at radius 1 is 1.24 bits per heavy atom. The maximum Gasteiger partial charge on any atom is 0.257 e. The van der Waals surface area contributed by atoms with Crippen LogP contribution in [0, 0.1) is 5.82 Å². The largest absolute Gasteiger partial charge is 0.494 e. The number of rotatable bonds is 6. The fraction of sp³-hybridized carbons (Fsp3) is 0.167. The molecule has 0 saturated heterocycles. The number of nitrogens with zero attached hydrogens (tertiary/aromatic N) is 2. The van der Waals surface area contributed by atoms with Gasteiger partial charge < -0.3 is 4.74 Å². The van der Waals surface area contributed by atoms with E-state index >= 15 is 0 Å². The minimum atomic E-state index is -0.322. The van der Waals surface area contributed by atoms with Gasteiger partial charge in [-0.3, -0.25) is 10.1 Å². The van der Waals surface area contributed by atoms with E-state index in [1.807, 2.05) is 13.0 Å². The van der Waals surface area contributed by atoms with Crippen molar-refractivity contribution >= 4 is 22.6 Å². The summed E-state index contributed by atoms with van der Waals surface area (Å²) >= 11 is 1.07. The number of carbonyl (C=O) groups is 1. The number of carbonyl (C=O) groups excluding carboxylic acids is 1. The highest BCUT2D eigenvalue weighted by atomic mass is 32.1. The molecular weight excluding hydrogens is 341 g/mol. The molecule has 1 amide bonds. The molecule has 1 N–H and O–H groups in total. The molecule has 0 radical (unpaired) electrons. The Bertz CT molecular complexity index is 865. The Hall–Kier alpha value is -2.80. The van der Waals surface area contributed by atoms with E-state index in [-0.39, 0.29) is 11.7 Å². The summed E-state index contributed by atoms with van der Waals surface area (Å²) in [5, 5.41) is 3.10. The lowest BCUT2D eigenvalue weighted by molar-refractivity contribution is 0.102. The average Bonchev–Trinajstić information content (AvgIpc) is 3.09. The summed E-state index contributed by atoms with van der Waals surface area (Å²) < 4.78 is 22.7. The molecule has 5 nitrogen and oxygen atoms in total. The molecule has 0 aliphatic rings. The van der Waals surface area contributed by atoms with Crippen molar-refractivity contribution in [2.75, 3.05) is 11.9 Å². The molecule has 0 saturated carbocycles. The van der Waals surface area contributed by atoms with Crippen LogP contribution in [0.4, 0.5) is 9.52 Å². The van der Waals surface area contributed by atoms with Crippen molar-refractivity contribution in [3.63, 3.8) is 0 Å². The number of hydrogen-bond acceptors (Lipinski definition) is 5. The van der Waals surface area contributed by atoms with E-state index in [2.05, 4.69) is 14.7 Å². The lowest BCUT2D eigenvalue weighted by atomic mass is 10.2. The van der Waals surface area contributed by atoms with Crippen LogP contribution in [-0.2, 0) is 0 Å². The minimum absolute atomic E-state index is 0.288. The maximum absolute atomic E-state index is 13.0. The fourth-order valence-electron chi connectivity index (χ4n) is 2.11. The van der Waals surface area contributed by atoms with Crippen LogP contribution < -0.4 is 10.1 Å². The molecule has 1 aromatic heterocycles. The first-order valence-electron chi connectivity index (χ1n) is 7.79. The number of aromatic nitrogens is 2. The Kier molecular flexibility index (Phi) is 5.35. The predicted octanol–water partition coefficient (Wildman–Crippen LogP) is 4.39. The summed E-state index contributed by atoms with van der Waals surface area (Å²) in [7, 11) is 0. The first-order valence-corrected chi connectivity index (χ1v) is 8.57. The zero-order valence-electron chi connectivity index (χ0n) is 13.5. The molecule has 2 aromatic carbocycles. The van der Waals surface area contributed by atoms with Crippen molar-refractivity contribution in [1.82, 2.24) is 9.36 Å². The van der Waals surface area contributed by atoms with E-state index in [0.717, 1.165) is 18.0 Å². The molecule has 3 aromatic rings. The molecule has 0 fully saturated rings. The molecule has 3 rings (SSSR count). The van der Waals surface area contributed by atoms with Crippen molar-refractivity contribution in [1.29, 1.82) is 0 Å². The Morgan fingerprint density at radius 2 is 2.04 bits per heavy atom. The first-order chi connectivity index (χ1) is 12.2. The van der Waals surface area contributed by atoms with E-state index in [4.69, 9.17) is 4.74 Å². The number of benzene rings is 2. The third kappa shape index (κ3) is 4.39. The van der Waals surface area contributed by atoms with Crippen LogP contribution in [0.15, 0.2) is 48.5 Å². The Labute approximate surface area is 148 Å². The van der Waals surface area contributed by atoms with Gasteiger partial charge in [-0.15, -0.1) is 0 Å². The molecule has 7 heteroatoms. The van der Waals surface area contributed by atoms with Gasteiger partial charge in [0, 0.05) is 22.7 Å². The van der Waals surface area contributed by atoms with Crippen LogP contribution in [0.2, 0.25) is 0 Å². The summed E-state index contributed by atoms with van der Waals surface area (Å²) in [5.74, 6) is 0.487. The van der Waals surface area contributed by atoms with Gasteiger partial charge in [-0.25, -0.2) is 4.39 Å². The molecule has 0 aliphatic carbocycles. The fourth-order valence-corrected chi connectivity index (χ4v) is 2.69. The van der Waals surface area contributed by atoms with Gasteiger partial charge >= 0.3 is 0 Å². The van der Waals surface area contributed by atoms with Crippen LogP contribution in [0.1, 0.15) is 23.7 Å². The second-order valence-corrected chi connectivity index (χ2v) is 6.01. The summed E-state index contributed by atoms with van der Waals surface area (Å²) in [6.07, 6.45) is 0.896. The maximum atomic E-state index is 13.0. The molecule has 0 unspecified atom stereocenters. The summed E-state index contributed by atoms with van der Waals surface area (Å²) in [4.78, 5) is 16.6. The van der Waals surface area contributed by atoms with Crippen LogP contribution in [-0.4, -0.2) is 21.9 Å². The van der Waals surface area contributed by atoms with E-state index in [0.29, 0.717) is 34.4 Å². The van der Waals surface area contributed by atoms with Gasteiger partial charge in [0.15, 0.2) is 5.82 Å². The number of nitrogens with one attached hydrogen (secondary N) is 1. The van der Waals surface area contributed by atoms with Gasteiger partial charge in [-0.05, 0) is 48.9 Å². The van der Waals surface area contributed by atoms with Gasteiger partial charge in [0.2, 0.25) is 5.13 Å². The van der Waals surface area contributed by atoms with Crippen LogP contribution in [0.3, 0.4) is 0 Å². The molecular formula is C18H16FN3O2S. The summed E-state index contributed by atoms with van der Waals surface area (Å²) in [6.45, 7) is 2.62. The predicted molar refractivity (Wildman–Crippen MR) is 95.5 cm³/mol. The topological polar surface area (TPSA) is 64.1 Å². The van der Waals surface area contributed by atoms with E-state index < -0.39 is 0 Å². The second-order valence-electron chi connectivity index (χ2n) is 5.26. The van der Waals surface area contributed by atoms with Crippen molar-refractivity contribution in [2.45, 2.75) is 13.3 Å². The number of hydrogen-bond donors (Lipinski definition) is 1. The van der Waals surface area contributed by atoms with Crippen molar-refractivity contribution in [3.8, 4) is 17.1 Å². The zero-order chi connectivity index (χ0) is 17.6. The molecule has 25 heavy (non-hydrogen) atoms. The van der Waals surface area contributed by atoms with Crippen LogP contribution >= 0.6 is 11.5 Å². The highest BCUT2D eigenvalue weighted by molar-refractivity contribution is 7.10. The Balaban J connectivity index is 1.70. The van der Waals surface area contributed by atoms with Crippen molar-refractivity contribution in [3.05, 3.63) is 59.9 Å². The van der Waals surface area contributed by atoms with E-state index in [9.17, 15) is 9.18 Å². The molecule has 0 atom stereocenters. The zero-order valence-corrected chi connectivity index (χ0v) is 14.3. The SMILES string of the molecule is CCCOc1cccc(C(=O)Nc2nc(-c3ccc(F)cc3)ns2)c1. The monoisotopic (exact) mass is 357 g/mol. The van der Waals surface area contributed by atoms with Gasteiger partial charge in [0.05, 0.1) is 6.61 Å². The number of halogens is 1. The van der Waals surface area contributed by atoms with Gasteiger partial charge in [-0.2, -0.15) is 9.36 Å². The number of anilines is 1. The van der Waals surface area contributed by atoms with E-state index in [1.165, 1.54) is 12.1 Å². The molecule has 1 heterocycles. The van der Waals surface area contributed by atoms with E-state index in [1.54, 1.807) is 30.3 Å². The van der Waals surface area contributed by atoms with Crippen molar-refractivity contribution < 1.29 is 13.9 Å². The third-order valence-electron chi connectivity index (χ3n) is 3.32. The lowest BCUT2D eigenvalue weighted by Crippen LogP contribution is -2.11. The highest BCUT2D eigenvalue weighted by Gasteiger charge is 2.12. The minimum Gasteiger partial charge on any atom is -0.494 e. The standard InChI is InChI=1S/C18H16FN3O2S/c1-2-10-24-15-5-3-4-13(11-15)17(23)21-18-20-16(22-25-18)12-6-8-14(19)9-7-12/h3-9,11H,2,10H2,1H3,(H,20,21,22,23). The van der Waals surface area contributed by atoms with Crippen LogP contribution in [0.25, 0.3) is 11.4 Å². The van der Waals surface area contributed by atoms with Gasteiger partial charge in [-0.1, -0.05) is 13.0 Å². The quantitative estimate of drug-likeness (QED) is 0.711. The molecule has 0 spiro atoms. The highest BCUT2D eigenvalue weighted by Crippen LogP contribution is 2.22. The number of ether oxygens (including phenoxy) is 1. The van der Waals surface area contributed by atoms with Crippen molar-refractivity contribution in [2.24, 2.45) is 0 Å². The summed E-state index contributed by atoms with van der Waals surface area (Å²) in [5.41, 5.74) is 1.17. The first kappa shape index (κ1) is 17.0. The second kappa shape index (κ2) is 7.85. The Morgan fingerprint density at radius 3 is 2.80 bits per heavy atom. The molecule has 0 bridgehead atoms. The molecule has 0 aliphatic heterocycles. The average molecular weight is 357 g/mol. The lowest BCUT2D eigenvalue weighted by Gasteiger charge is -2.06. The van der Waals surface area contributed by atoms with Gasteiger partial charge in [0.1, 0.15) is 11.6 Å².